The van der Waals surface area contributed by atoms with E-state index >= 15 is 0 Å². The van der Waals surface area contributed by atoms with Gasteiger partial charge in [0.1, 0.15) is 6.54 Å². The van der Waals surface area contributed by atoms with E-state index in [0.717, 1.165) is 27.9 Å². The van der Waals surface area contributed by atoms with Crippen LogP contribution in [0, 0.1) is 0 Å². The van der Waals surface area contributed by atoms with E-state index in [1.807, 2.05) is 54.6 Å². The van der Waals surface area contributed by atoms with Gasteiger partial charge in [0.25, 0.3) is 5.56 Å². The van der Waals surface area contributed by atoms with Gasteiger partial charge < -0.3 is 5.32 Å². The molecule has 2 N–H and O–H groups in total. The maximum absolute atomic E-state index is 13.0. The van der Waals surface area contributed by atoms with Gasteiger partial charge in [-0.3, -0.25) is 19.7 Å². The predicted molar refractivity (Wildman–Crippen MR) is 126 cm³/mol. The fourth-order valence-corrected chi connectivity index (χ4v) is 3.71. The van der Waals surface area contributed by atoms with Gasteiger partial charge in [0.05, 0.1) is 16.8 Å². The second-order valence-electron chi connectivity index (χ2n) is 7.57. The molecule has 162 valence electrons. The van der Waals surface area contributed by atoms with E-state index in [9.17, 15) is 9.59 Å². The maximum Gasteiger partial charge on any atom is 0.275 e. The smallest absolute Gasteiger partial charge is 0.275 e. The third-order valence-corrected chi connectivity index (χ3v) is 5.29. The normalized spacial score (nSPS) is 10.9. The van der Waals surface area contributed by atoms with Gasteiger partial charge in [0.15, 0.2) is 5.82 Å². The van der Waals surface area contributed by atoms with Crippen LogP contribution in [0.3, 0.4) is 0 Å². The number of H-pyrrole nitrogens is 1. The summed E-state index contributed by atoms with van der Waals surface area (Å²) in [5.74, 6) is -0.00875. The molecule has 0 atom stereocenters. The summed E-state index contributed by atoms with van der Waals surface area (Å²) in [6.07, 6.45) is 3.95. The van der Waals surface area contributed by atoms with Crippen molar-refractivity contribution in [3.8, 4) is 11.3 Å². The van der Waals surface area contributed by atoms with Crippen LogP contribution in [-0.2, 0) is 17.8 Å². The molecule has 8 nitrogen and oxygen atoms in total. The number of nitrogens with zero attached hydrogens (tertiary/aromatic N) is 4. The molecule has 0 spiro atoms. The van der Waals surface area contributed by atoms with E-state index in [-0.39, 0.29) is 18.0 Å². The van der Waals surface area contributed by atoms with Gasteiger partial charge in [-0.15, -0.1) is 0 Å². The minimum atomic E-state index is -0.388. The Balaban J connectivity index is 1.40. The van der Waals surface area contributed by atoms with Crippen LogP contribution in [0.25, 0.3) is 22.0 Å². The maximum atomic E-state index is 13.0. The van der Waals surface area contributed by atoms with Gasteiger partial charge in [0, 0.05) is 30.3 Å². The lowest BCUT2D eigenvalue weighted by Gasteiger charge is -2.11. The number of rotatable bonds is 6. The second-order valence-corrected chi connectivity index (χ2v) is 7.57. The van der Waals surface area contributed by atoms with Crippen molar-refractivity contribution in [2.24, 2.45) is 0 Å². The summed E-state index contributed by atoms with van der Waals surface area (Å²) < 4.78 is 1.21. The molecule has 5 rings (SSSR count). The molecule has 1 amide bonds. The number of hydrogen-bond donors (Lipinski definition) is 2. The summed E-state index contributed by atoms with van der Waals surface area (Å²) in [6.45, 7) is -0.222. The summed E-state index contributed by atoms with van der Waals surface area (Å²) >= 11 is 0. The number of nitrogens with one attached hydrogen (secondary N) is 2. The van der Waals surface area contributed by atoms with Gasteiger partial charge in [-0.05, 0) is 29.3 Å². The molecule has 5 aromatic rings. The number of anilines is 1. The standard InChI is InChI=1S/C25H20N6O2/c32-24(27-23-15-21(28-29-23)18-6-2-1-3-7-18)16-31-25(33)20-9-5-4-8-19(20)22(30-31)14-17-10-12-26-13-11-17/h1-13,15H,14,16H2,(H2,27,28,29,32). The molecule has 8 heteroatoms. The van der Waals surface area contributed by atoms with E-state index in [1.54, 1.807) is 30.6 Å². The zero-order chi connectivity index (χ0) is 22.6. The molecular formula is C25H20N6O2. The van der Waals surface area contributed by atoms with Gasteiger partial charge in [0.2, 0.25) is 5.91 Å². The Hall–Kier alpha value is -4.59. The zero-order valence-electron chi connectivity index (χ0n) is 17.6. The van der Waals surface area contributed by atoms with E-state index in [1.165, 1.54) is 4.68 Å². The molecule has 0 aliphatic heterocycles. The molecule has 2 aromatic carbocycles. The third-order valence-electron chi connectivity index (χ3n) is 5.29. The summed E-state index contributed by atoms with van der Waals surface area (Å²) in [4.78, 5) is 29.8. The second kappa shape index (κ2) is 8.88. The largest absolute Gasteiger partial charge is 0.308 e. The van der Waals surface area contributed by atoms with Crippen LogP contribution in [0.5, 0.6) is 0 Å². The summed E-state index contributed by atoms with van der Waals surface area (Å²) in [5, 5.41) is 15.6. The minimum absolute atomic E-state index is 0.222. The molecule has 0 aliphatic carbocycles. The van der Waals surface area contributed by atoms with E-state index in [2.05, 4.69) is 25.6 Å². The zero-order valence-corrected chi connectivity index (χ0v) is 17.6. The Kier molecular flexibility index (Phi) is 5.47. The Labute approximate surface area is 188 Å². The highest BCUT2D eigenvalue weighted by atomic mass is 16.2. The van der Waals surface area contributed by atoms with Crippen molar-refractivity contribution < 1.29 is 4.79 Å². The number of carbonyl (C=O) groups excluding carboxylic acids is 1. The molecule has 0 bridgehead atoms. The van der Waals surface area contributed by atoms with Crippen molar-refractivity contribution in [2.75, 3.05) is 5.32 Å². The van der Waals surface area contributed by atoms with E-state index in [0.29, 0.717) is 17.6 Å². The fourth-order valence-electron chi connectivity index (χ4n) is 3.71. The molecule has 3 aromatic heterocycles. The Morgan fingerprint density at radius 3 is 2.45 bits per heavy atom. The van der Waals surface area contributed by atoms with Gasteiger partial charge in [-0.25, -0.2) is 4.68 Å². The first-order valence-electron chi connectivity index (χ1n) is 10.5. The average Bonchev–Trinajstić information content (AvgIpc) is 3.31. The van der Waals surface area contributed by atoms with Crippen LogP contribution >= 0.6 is 0 Å². The number of hydrogen-bond acceptors (Lipinski definition) is 5. The first-order chi connectivity index (χ1) is 16.2. The highest BCUT2D eigenvalue weighted by Gasteiger charge is 2.14. The van der Waals surface area contributed by atoms with Crippen molar-refractivity contribution >= 4 is 22.5 Å². The Bertz CT molecular complexity index is 1480. The molecule has 0 aliphatic rings. The summed E-state index contributed by atoms with van der Waals surface area (Å²) in [7, 11) is 0. The predicted octanol–water partition coefficient (Wildman–Crippen LogP) is 3.41. The SMILES string of the molecule is O=C(Cn1nc(Cc2ccncc2)c2ccccc2c1=O)Nc1cc(-c2ccccc2)[nH]n1. The lowest BCUT2D eigenvalue weighted by molar-refractivity contribution is -0.117. The lowest BCUT2D eigenvalue weighted by Crippen LogP contribution is -2.30. The molecule has 33 heavy (non-hydrogen) atoms. The highest BCUT2D eigenvalue weighted by molar-refractivity contribution is 5.90. The molecule has 0 unspecified atom stereocenters. The van der Waals surface area contributed by atoms with Crippen LogP contribution in [0.2, 0.25) is 0 Å². The first kappa shape index (κ1) is 20.3. The number of fused-ring (bicyclic) bond motifs is 1. The number of carbonyl (C=O) groups is 1. The van der Waals surface area contributed by atoms with E-state index < -0.39 is 0 Å². The number of pyridine rings is 1. The lowest BCUT2D eigenvalue weighted by atomic mass is 10.1. The van der Waals surface area contributed by atoms with Gasteiger partial charge in [-0.2, -0.15) is 10.2 Å². The Morgan fingerprint density at radius 1 is 0.939 bits per heavy atom. The third kappa shape index (κ3) is 4.40. The molecular weight excluding hydrogens is 416 g/mol. The molecule has 3 heterocycles. The van der Waals surface area contributed by atoms with Crippen LogP contribution in [0.4, 0.5) is 5.82 Å². The molecule has 0 fully saturated rings. The summed E-state index contributed by atoms with van der Waals surface area (Å²) in [6, 6.07) is 22.5. The monoisotopic (exact) mass is 436 g/mol. The van der Waals surface area contributed by atoms with Gasteiger partial charge in [-0.1, -0.05) is 48.5 Å². The van der Waals surface area contributed by atoms with Crippen molar-refractivity contribution in [1.82, 2.24) is 25.0 Å². The summed E-state index contributed by atoms with van der Waals surface area (Å²) in [5.41, 5.74) is 3.16. The van der Waals surface area contributed by atoms with Crippen LogP contribution in [0.1, 0.15) is 11.3 Å². The van der Waals surface area contributed by atoms with Gasteiger partial charge >= 0.3 is 0 Å². The van der Waals surface area contributed by atoms with Crippen LogP contribution < -0.4 is 10.9 Å². The average molecular weight is 436 g/mol. The molecule has 0 saturated heterocycles. The van der Waals surface area contributed by atoms with E-state index in [4.69, 9.17) is 0 Å². The molecule has 0 radical (unpaired) electrons. The first-order valence-corrected chi connectivity index (χ1v) is 10.5. The number of benzene rings is 2. The number of aromatic amines is 1. The molecule has 0 saturated carbocycles. The highest BCUT2D eigenvalue weighted by Crippen LogP contribution is 2.19. The van der Waals surface area contributed by atoms with Crippen LogP contribution in [0.15, 0.2) is 90.0 Å². The topological polar surface area (TPSA) is 106 Å². The van der Waals surface area contributed by atoms with Crippen molar-refractivity contribution in [1.29, 1.82) is 0 Å². The fraction of sp³-hybridized carbons (Fsp3) is 0.0800. The van der Waals surface area contributed by atoms with Crippen LogP contribution in [-0.4, -0.2) is 30.9 Å². The van der Waals surface area contributed by atoms with Crippen molar-refractivity contribution in [3.63, 3.8) is 0 Å². The number of aromatic nitrogens is 5. The quantitative estimate of drug-likeness (QED) is 0.424. The van der Waals surface area contributed by atoms with Crippen molar-refractivity contribution in [2.45, 2.75) is 13.0 Å². The Morgan fingerprint density at radius 2 is 1.67 bits per heavy atom. The van der Waals surface area contributed by atoms with Crippen molar-refractivity contribution in [3.05, 3.63) is 107 Å². The number of amides is 1. The minimum Gasteiger partial charge on any atom is -0.308 e.